The lowest BCUT2D eigenvalue weighted by molar-refractivity contribution is 0.535. The number of hydrogen-bond acceptors (Lipinski definition) is 2. The van der Waals surface area contributed by atoms with Crippen LogP contribution < -0.4 is 5.32 Å². The second-order valence-corrected chi connectivity index (χ2v) is 6.47. The van der Waals surface area contributed by atoms with Gasteiger partial charge in [-0.2, -0.15) is 0 Å². The Morgan fingerprint density at radius 3 is 2.65 bits per heavy atom. The van der Waals surface area contributed by atoms with Gasteiger partial charge in [-0.25, -0.2) is 0 Å². The highest BCUT2D eigenvalue weighted by Crippen LogP contribution is 2.22. The Morgan fingerprint density at radius 2 is 2.06 bits per heavy atom. The lowest BCUT2D eigenvalue weighted by atomic mass is 10.2. The van der Waals surface area contributed by atoms with Crippen LogP contribution >= 0.6 is 23.2 Å². The van der Waals surface area contributed by atoms with Crippen molar-refractivity contribution in [3.8, 4) is 0 Å². The molecular formula is C12H17Cl2NOS. The Labute approximate surface area is 115 Å². The Hall–Kier alpha value is -0.0900. The third-order valence-corrected chi connectivity index (χ3v) is 4.03. The smallest absolute Gasteiger partial charge is 0.0595 e. The van der Waals surface area contributed by atoms with Gasteiger partial charge >= 0.3 is 0 Å². The fourth-order valence-corrected chi connectivity index (χ4v) is 2.39. The number of halogens is 2. The van der Waals surface area contributed by atoms with E-state index in [-0.39, 0.29) is 0 Å². The predicted molar refractivity (Wildman–Crippen MR) is 76.3 cm³/mol. The van der Waals surface area contributed by atoms with E-state index in [1.165, 1.54) is 0 Å². The van der Waals surface area contributed by atoms with Gasteiger partial charge in [0.2, 0.25) is 0 Å². The van der Waals surface area contributed by atoms with Gasteiger partial charge in [-0.05, 0) is 31.0 Å². The average molecular weight is 294 g/mol. The molecule has 2 nitrogen and oxygen atoms in total. The van der Waals surface area contributed by atoms with Crippen LogP contribution in [0.1, 0.15) is 18.9 Å². The number of nitrogens with one attached hydrogen (secondary N) is 1. The molecule has 0 aromatic heterocycles. The molecule has 0 bridgehead atoms. The van der Waals surface area contributed by atoms with E-state index < -0.39 is 10.8 Å². The maximum Gasteiger partial charge on any atom is 0.0595 e. The van der Waals surface area contributed by atoms with Crippen molar-refractivity contribution in [2.24, 2.45) is 0 Å². The summed E-state index contributed by atoms with van der Waals surface area (Å²) in [6.07, 6.45) is 2.64. The average Bonchev–Trinajstić information content (AvgIpc) is 2.28. The normalized spacial score (nSPS) is 14.6. The molecule has 0 aliphatic rings. The van der Waals surface area contributed by atoms with Crippen molar-refractivity contribution in [2.45, 2.75) is 25.9 Å². The monoisotopic (exact) mass is 293 g/mol. The molecule has 1 N–H and O–H groups in total. The first-order valence-electron chi connectivity index (χ1n) is 5.46. The van der Waals surface area contributed by atoms with E-state index in [0.29, 0.717) is 16.1 Å². The highest BCUT2D eigenvalue weighted by Gasteiger charge is 2.04. The van der Waals surface area contributed by atoms with Crippen molar-refractivity contribution >= 4 is 34.0 Å². The van der Waals surface area contributed by atoms with Crippen LogP contribution in [-0.2, 0) is 17.3 Å². The van der Waals surface area contributed by atoms with E-state index >= 15 is 0 Å². The zero-order chi connectivity index (χ0) is 12.8. The van der Waals surface area contributed by atoms with Crippen LogP contribution in [0.4, 0.5) is 0 Å². The van der Waals surface area contributed by atoms with Gasteiger partial charge in [0.05, 0.1) is 10.0 Å². The minimum absolute atomic E-state index is 0.341. The SMILES string of the molecule is CC(CCS(C)=O)NCc1ccc(Cl)c(Cl)c1. The molecule has 0 heterocycles. The van der Waals surface area contributed by atoms with Gasteiger partial charge in [-0.1, -0.05) is 29.3 Å². The molecule has 1 rings (SSSR count). The summed E-state index contributed by atoms with van der Waals surface area (Å²) in [6.45, 7) is 2.83. The maximum atomic E-state index is 11.0. The molecule has 2 atom stereocenters. The molecular weight excluding hydrogens is 277 g/mol. The van der Waals surface area contributed by atoms with Gasteiger partial charge in [-0.3, -0.25) is 4.21 Å². The molecule has 0 fully saturated rings. The summed E-state index contributed by atoms with van der Waals surface area (Å²) in [5.41, 5.74) is 1.10. The molecule has 0 aliphatic heterocycles. The largest absolute Gasteiger partial charge is 0.310 e. The first-order valence-corrected chi connectivity index (χ1v) is 7.94. The molecule has 0 aliphatic carbocycles. The minimum atomic E-state index is -0.720. The Morgan fingerprint density at radius 1 is 1.35 bits per heavy atom. The second-order valence-electron chi connectivity index (χ2n) is 4.10. The van der Waals surface area contributed by atoms with Crippen molar-refractivity contribution in [3.63, 3.8) is 0 Å². The van der Waals surface area contributed by atoms with Crippen molar-refractivity contribution in [1.29, 1.82) is 0 Å². The van der Waals surface area contributed by atoms with Crippen LogP contribution in [-0.4, -0.2) is 22.3 Å². The minimum Gasteiger partial charge on any atom is -0.310 e. The standard InChI is InChI=1S/C12H17Cl2NOS/c1-9(5-6-17(2)16)15-8-10-3-4-11(13)12(14)7-10/h3-4,7,9,15H,5-6,8H2,1-2H3. The summed E-state index contributed by atoms with van der Waals surface area (Å²) in [4.78, 5) is 0. The van der Waals surface area contributed by atoms with Crippen LogP contribution in [0.15, 0.2) is 18.2 Å². The second kappa shape index (κ2) is 7.37. The zero-order valence-electron chi connectivity index (χ0n) is 10.0. The molecule has 1 aromatic carbocycles. The first kappa shape index (κ1) is 15.0. The lowest BCUT2D eigenvalue weighted by Crippen LogP contribution is -2.26. The van der Waals surface area contributed by atoms with E-state index in [1.807, 2.05) is 12.1 Å². The highest BCUT2D eigenvalue weighted by atomic mass is 35.5. The van der Waals surface area contributed by atoms with Crippen LogP contribution in [0.5, 0.6) is 0 Å². The fourth-order valence-electron chi connectivity index (χ4n) is 1.39. The summed E-state index contributed by atoms with van der Waals surface area (Å²) in [7, 11) is -0.720. The third kappa shape index (κ3) is 5.87. The molecule has 0 radical (unpaired) electrons. The lowest BCUT2D eigenvalue weighted by Gasteiger charge is -2.13. The molecule has 5 heteroatoms. The summed E-state index contributed by atoms with van der Waals surface area (Å²) >= 11 is 11.8. The van der Waals surface area contributed by atoms with Gasteiger partial charge in [0, 0.05) is 35.4 Å². The summed E-state index contributed by atoms with van der Waals surface area (Å²) in [5, 5.41) is 4.52. The molecule has 96 valence electrons. The van der Waals surface area contributed by atoms with Crippen LogP contribution in [0.25, 0.3) is 0 Å². The Kier molecular flexibility index (Phi) is 6.49. The van der Waals surface area contributed by atoms with E-state index in [9.17, 15) is 4.21 Å². The number of rotatable bonds is 6. The van der Waals surface area contributed by atoms with Gasteiger partial charge in [-0.15, -0.1) is 0 Å². The van der Waals surface area contributed by atoms with Gasteiger partial charge in [0.1, 0.15) is 0 Å². The van der Waals surface area contributed by atoms with Gasteiger partial charge in [0.15, 0.2) is 0 Å². The van der Waals surface area contributed by atoms with Crippen molar-refractivity contribution < 1.29 is 4.21 Å². The molecule has 0 amide bonds. The topological polar surface area (TPSA) is 29.1 Å². The van der Waals surface area contributed by atoms with Gasteiger partial charge < -0.3 is 5.32 Å². The summed E-state index contributed by atoms with van der Waals surface area (Å²) in [5.74, 6) is 0.732. The maximum absolute atomic E-state index is 11.0. The molecule has 2 unspecified atom stereocenters. The van der Waals surface area contributed by atoms with Crippen molar-refractivity contribution in [2.75, 3.05) is 12.0 Å². The molecule has 0 saturated carbocycles. The van der Waals surface area contributed by atoms with Crippen LogP contribution in [0.2, 0.25) is 10.0 Å². The molecule has 0 spiro atoms. The van der Waals surface area contributed by atoms with E-state index in [1.54, 1.807) is 12.3 Å². The molecule has 17 heavy (non-hydrogen) atoms. The molecule has 0 saturated heterocycles. The fraction of sp³-hybridized carbons (Fsp3) is 0.500. The molecule has 1 aromatic rings. The van der Waals surface area contributed by atoms with Crippen molar-refractivity contribution in [1.82, 2.24) is 5.32 Å². The Bertz CT molecular complexity index is 398. The highest BCUT2D eigenvalue weighted by molar-refractivity contribution is 7.84. The Balaban J connectivity index is 2.39. The third-order valence-electron chi connectivity index (χ3n) is 2.48. The van der Waals surface area contributed by atoms with Crippen molar-refractivity contribution in [3.05, 3.63) is 33.8 Å². The van der Waals surface area contributed by atoms with Crippen LogP contribution in [0, 0.1) is 0 Å². The summed E-state index contributed by atoms with van der Waals surface area (Å²) < 4.78 is 11.0. The van der Waals surface area contributed by atoms with Gasteiger partial charge in [0.25, 0.3) is 0 Å². The summed E-state index contributed by atoms with van der Waals surface area (Å²) in [6, 6.07) is 5.95. The number of hydrogen-bond donors (Lipinski definition) is 1. The predicted octanol–water partition coefficient (Wildman–Crippen LogP) is 3.24. The zero-order valence-corrected chi connectivity index (χ0v) is 12.3. The quantitative estimate of drug-likeness (QED) is 0.872. The number of benzene rings is 1. The van der Waals surface area contributed by atoms with E-state index in [0.717, 1.165) is 24.3 Å². The van der Waals surface area contributed by atoms with E-state index in [4.69, 9.17) is 23.2 Å². The first-order chi connectivity index (χ1) is 7.99. The van der Waals surface area contributed by atoms with Crippen LogP contribution in [0.3, 0.4) is 0 Å². The van der Waals surface area contributed by atoms with E-state index in [2.05, 4.69) is 12.2 Å².